The summed E-state index contributed by atoms with van der Waals surface area (Å²) in [5.74, 6) is 0.282. The highest BCUT2D eigenvalue weighted by Crippen LogP contribution is 2.32. The molecule has 0 aliphatic rings. The van der Waals surface area contributed by atoms with Gasteiger partial charge in [-0.2, -0.15) is 0 Å². The van der Waals surface area contributed by atoms with E-state index in [0.717, 1.165) is 17.3 Å². The smallest absolute Gasteiger partial charge is 0.437 e. The summed E-state index contributed by atoms with van der Waals surface area (Å²) in [6.07, 6.45) is 3.18. The average Bonchev–Trinajstić information content (AvgIpc) is 2.99. The van der Waals surface area contributed by atoms with Crippen molar-refractivity contribution in [1.82, 2.24) is 4.57 Å². The van der Waals surface area contributed by atoms with E-state index >= 15 is 0 Å². The van der Waals surface area contributed by atoms with E-state index in [2.05, 4.69) is 4.74 Å². The predicted molar refractivity (Wildman–Crippen MR) is 96.5 cm³/mol. The Balaban J connectivity index is 2.12. The van der Waals surface area contributed by atoms with Crippen LogP contribution in [0, 0.1) is 10.1 Å². The highest BCUT2D eigenvalue weighted by molar-refractivity contribution is 5.95. The number of fused-ring (bicyclic) bond motifs is 1. The molecule has 0 saturated heterocycles. The van der Waals surface area contributed by atoms with Crippen LogP contribution in [0.2, 0.25) is 0 Å². The molecule has 26 heavy (non-hydrogen) atoms. The van der Waals surface area contributed by atoms with Gasteiger partial charge in [0.25, 0.3) is 0 Å². The molecule has 3 rings (SSSR count). The Morgan fingerprint density at radius 1 is 1.19 bits per heavy atom. The van der Waals surface area contributed by atoms with Crippen molar-refractivity contribution < 1.29 is 19.2 Å². The summed E-state index contributed by atoms with van der Waals surface area (Å²) in [6.45, 7) is 0.575. The quantitative estimate of drug-likeness (QED) is 0.299. The fraction of sp³-hybridized carbons (Fsp3) is 0.105. The zero-order chi connectivity index (χ0) is 18.5. The monoisotopic (exact) mass is 352 g/mol. The standard InChI is InChI=1S/C19H16N2O5/c1-25-19(22)26-17-9-5-8-16-18(17)15(10-11-21(23)24)13-20(16)12-14-6-3-2-4-7-14/h2-11,13H,12H2,1H3. The molecule has 7 nitrogen and oxygen atoms in total. The molecule has 132 valence electrons. The maximum atomic E-state index is 11.5. The third kappa shape index (κ3) is 3.72. The van der Waals surface area contributed by atoms with Gasteiger partial charge in [-0.15, -0.1) is 0 Å². The molecule has 0 atom stereocenters. The molecule has 0 fully saturated rings. The van der Waals surface area contributed by atoms with Crippen LogP contribution in [0.3, 0.4) is 0 Å². The lowest BCUT2D eigenvalue weighted by atomic mass is 10.1. The van der Waals surface area contributed by atoms with Crippen molar-refractivity contribution in [1.29, 1.82) is 0 Å². The van der Waals surface area contributed by atoms with E-state index in [4.69, 9.17) is 4.74 Å². The highest BCUT2D eigenvalue weighted by Gasteiger charge is 2.15. The van der Waals surface area contributed by atoms with Gasteiger partial charge in [-0.05, 0) is 17.7 Å². The Labute approximate surface area is 149 Å². The van der Waals surface area contributed by atoms with E-state index in [-0.39, 0.29) is 5.75 Å². The number of rotatable bonds is 5. The van der Waals surface area contributed by atoms with Gasteiger partial charge < -0.3 is 14.0 Å². The summed E-state index contributed by atoms with van der Waals surface area (Å²) in [7, 11) is 1.22. The molecule has 0 radical (unpaired) electrons. The molecular formula is C19H16N2O5. The first kappa shape index (κ1) is 17.2. The lowest BCUT2D eigenvalue weighted by Crippen LogP contribution is -2.07. The molecule has 0 amide bonds. The molecule has 0 aliphatic heterocycles. The van der Waals surface area contributed by atoms with Gasteiger partial charge in [0.05, 0.1) is 22.9 Å². The fourth-order valence-electron chi connectivity index (χ4n) is 2.75. The number of ether oxygens (including phenoxy) is 2. The lowest BCUT2D eigenvalue weighted by Gasteiger charge is -2.07. The van der Waals surface area contributed by atoms with Crippen LogP contribution in [0.4, 0.5) is 4.79 Å². The molecule has 3 aromatic rings. The zero-order valence-electron chi connectivity index (χ0n) is 14.0. The predicted octanol–water partition coefficient (Wildman–Crippen LogP) is 4.08. The van der Waals surface area contributed by atoms with Crippen molar-refractivity contribution in [2.45, 2.75) is 6.54 Å². The summed E-state index contributed by atoms with van der Waals surface area (Å²) < 4.78 is 11.7. The van der Waals surface area contributed by atoms with Gasteiger partial charge in [-0.3, -0.25) is 10.1 Å². The Morgan fingerprint density at radius 2 is 1.96 bits per heavy atom. The Morgan fingerprint density at radius 3 is 2.65 bits per heavy atom. The molecule has 2 aromatic carbocycles. The van der Waals surface area contributed by atoms with Gasteiger partial charge >= 0.3 is 6.16 Å². The van der Waals surface area contributed by atoms with Crippen LogP contribution < -0.4 is 4.74 Å². The Bertz CT molecular complexity index is 976. The molecule has 1 heterocycles. The van der Waals surface area contributed by atoms with E-state index in [1.807, 2.05) is 41.0 Å². The van der Waals surface area contributed by atoms with Gasteiger partial charge in [-0.1, -0.05) is 36.4 Å². The van der Waals surface area contributed by atoms with E-state index in [9.17, 15) is 14.9 Å². The van der Waals surface area contributed by atoms with Gasteiger partial charge in [0.15, 0.2) is 0 Å². The van der Waals surface area contributed by atoms with Crippen LogP contribution >= 0.6 is 0 Å². The van der Waals surface area contributed by atoms with Gasteiger partial charge in [0.1, 0.15) is 5.75 Å². The molecule has 0 N–H and O–H groups in total. The highest BCUT2D eigenvalue weighted by atomic mass is 16.7. The number of aromatic nitrogens is 1. The number of methoxy groups -OCH3 is 1. The summed E-state index contributed by atoms with van der Waals surface area (Å²) in [6, 6.07) is 15.1. The van der Waals surface area contributed by atoms with Crippen molar-refractivity contribution in [3.05, 3.63) is 82.2 Å². The van der Waals surface area contributed by atoms with Gasteiger partial charge in [0, 0.05) is 24.4 Å². The number of hydrogen-bond acceptors (Lipinski definition) is 5. The number of nitro groups is 1. The lowest BCUT2D eigenvalue weighted by molar-refractivity contribution is -0.400. The van der Waals surface area contributed by atoms with Crippen molar-refractivity contribution in [2.24, 2.45) is 0 Å². The van der Waals surface area contributed by atoms with Crippen LogP contribution in [0.15, 0.2) is 60.9 Å². The Kier molecular flexibility index (Phi) is 4.98. The second-order valence-electron chi connectivity index (χ2n) is 5.51. The largest absolute Gasteiger partial charge is 0.513 e. The SMILES string of the molecule is COC(=O)Oc1cccc2c1c(C=C[N+](=O)[O-])cn2Cc1ccccc1. The number of hydrogen-bond donors (Lipinski definition) is 0. The third-order valence-corrected chi connectivity index (χ3v) is 3.83. The topological polar surface area (TPSA) is 83.6 Å². The van der Waals surface area contributed by atoms with E-state index in [1.54, 1.807) is 18.3 Å². The fourth-order valence-corrected chi connectivity index (χ4v) is 2.75. The molecular weight excluding hydrogens is 336 g/mol. The van der Waals surface area contributed by atoms with Crippen molar-refractivity contribution in [3.8, 4) is 5.75 Å². The molecule has 1 aromatic heterocycles. The molecule has 0 spiro atoms. The number of carbonyl (C=O) groups excluding carboxylic acids is 1. The van der Waals surface area contributed by atoms with Crippen LogP contribution in [0.1, 0.15) is 11.1 Å². The van der Waals surface area contributed by atoms with E-state index in [1.165, 1.54) is 13.2 Å². The van der Waals surface area contributed by atoms with Gasteiger partial charge in [0.2, 0.25) is 6.20 Å². The average molecular weight is 352 g/mol. The molecule has 0 bridgehead atoms. The summed E-state index contributed by atoms with van der Waals surface area (Å²) in [5, 5.41) is 11.3. The van der Waals surface area contributed by atoms with Crippen LogP contribution in [-0.4, -0.2) is 22.8 Å². The van der Waals surface area contributed by atoms with Gasteiger partial charge in [-0.25, -0.2) is 4.79 Å². The normalized spacial score (nSPS) is 11.0. The third-order valence-electron chi connectivity index (χ3n) is 3.83. The van der Waals surface area contributed by atoms with Crippen molar-refractivity contribution >= 4 is 23.1 Å². The first-order valence-corrected chi connectivity index (χ1v) is 7.82. The Hall–Kier alpha value is -3.61. The minimum Gasteiger partial charge on any atom is -0.437 e. The number of carbonyl (C=O) groups is 1. The molecule has 0 saturated carbocycles. The number of nitrogens with zero attached hydrogens (tertiary/aromatic N) is 2. The maximum Gasteiger partial charge on any atom is 0.513 e. The molecule has 0 unspecified atom stereocenters. The van der Waals surface area contributed by atoms with Crippen LogP contribution in [0.25, 0.3) is 17.0 Å². The minimum absolute atomic E-state index is 0.282. The van der Waals surface area contributed by atoms with Crippen molar-refractivity contribution in [2.75, 3.05) is 7.11 Å². The number of benzene rings is 2. The first-order valence-electron chi connectivity index (χ1n) is 7.82. The van der Waals surface area contributed by atoms with Crippen LogP contribution in [0.5, 0.6) is 5.75 Å². The summed E-state index contributed by atoms with van der Waals surface area (Å²) in [4.78, 5) is 21.7. The second-order valence-corrected chi connectivity index (χ2v) is 5.51. The summed E-state index contributed by atoms with van der Waals surface area (Å²) in [5.41, 5.74) is 2.44. The maximum absolute atomic E-state index is 11.5. The molecule has 7 heteroatoms. The zero-order valence-corrected chi connectivity index (χ0v) is 14.0. The van der Waals surface area contributed by atoms with E-state index < -0.39 is 11.1 Å². The summed E-state index contributed by atoms with van der Waals surface area (Å²) >= 11 is 0. The van der Waals surface area contributed by atoms with Crippen LogP contribution in [-0.2, 0) is 11.3 Å². The molecule has 0 aliphatic carbocycles. The van der Waals surface area contributed by atoms with Crippen molar-refractivity contribution in [3.63, 3.8) is 0 Å². The first-order chi connectivity index (χ1) is 12.6. The minimum atomic E-state index is -0.850. The van der Waals surface area contributed by atoms with E-state index in [0.29, 0.717) is 17.5 Å². The second kappa shape index (κ2) is 7.52.